The van der Waals surface area contributed by atoms with Crippen molar-refractivity contribution in [1.29, 1.82) is 0 Å². The Morgan fingerprint density at radius 2 is 1.83 bits per heavy atom. The standard InChI is InChI=1S/C14H11ClN2O/c1-9-2-7-12-14(16-9)18-13(17-12)8-10-3-5-11(15)6-4-10/h2-7H,8H2,1H3. The Bertz CT molecular complexity index is 689. The number of pyridine rings is 1. The number of nitrogens with zero attached hydrogens (tertiary/aromatic N) is 2. The van der Waals surface area contributed by atoms with Crippen molar-refractivity contribution in [3.05, 3.63) is 58.6 Å². The van der Waals surface area contributed by atoms with Gasteiger partial charge in [-0.2, -0.15) is 0 Å². The highest BCUT2D eigenvalue weighted by Gasteiger charge is 2.07. The van der Waals surface area contributed by atoms with Crippen LogP contribution in [-0.2, 0) is 6.42 Å². The van der Waals surface area contributed by atoms with Crippen molar-refractivity contribution in [2.45, 2.75) is 13.3 Å². The number of aryl methyl sites for hydroxylation is 1. The molecule has 0 radical (unpaired) electrons. The summed E-state index contributed by atoms with van der Waals surface area (Å²) in [5, 5.41) is 0.730. The summed E-state index contributed by atoms with van der Waals surface area (Å²) >= 11 is 5.85. The molecule has 3 rings (SSSR count). The van der Waals surface area contributed by atoms with Gasteiger partial charge in [-0.05, 0) is 36.8 Å². The molecule has 0 N–H and O–H groups in total. The van der Waals surface area contributed by atoms with E-state index in [9.17, 15) is 0 Å². The van der Waals surface area contributed by atoms with Crippen molar-refractivity contribution in [3.8, 4) is 0 Å². The Kier molecular flexibility index (Phi) is 2.76. The van der Waals surface area contributed by atoms with Gasteiger partial charge in [-0.1, -0.05) is 23.7 Å². The van der Waals surface area contributed by atoms with Crippen LogP contribution in [0.1, 0.15) is 17.1 Å². The fourth-order valence-electron chi connectivity index (χ4n) is 1.81. The van der Waals surface area contributed by atoms with Crippen LogP contribution in [0.5, 0.6) is 0 Å². The van der Waals surface area contributed by atoms with E-state index in [-0.39, 0.29) is 0 Å². The molecule has 0 aliphatic rings. The van der Waals surface area contributed by atoms with Crippen LogP contribution in [0.25, 0.3) is 11.2 Å². The van der Waals surface area contributed by atoms with Crippen molar-refractivity contribution in [2.75, 3.05) is 0 Å². The van der Waals surface area contributed by atoms with Crippen molar-refractivity contribution in [2.24, 2.45) is 0 Å². The largest absolute Gasteiger partial charge is 0.422 e. The van der Waals surface area contributed by atoms with Gasteiger partial charge < -0.3 is 4.42 Å². The van der Waals surface area contributed by atoms with Gasteiger partial charge in [0, 0.05) is 17.1 Å². The van der Waals surface area contributed by atoms with Gasteiger partial charge in [0.15, 0.2) is 0 Å². The maximum Gasteiger partial charge on any atom is 0.247 e. The monoisotopic (exact) mass is 258 g/mol. The third-order valence-electron chi connectivity index (χ3n) is 2.71. The number of hydrogen-bond acceptors (Lipinski definition) is 3. The van der Waals surface area contributed by atoms with Crippen LogP contribution < -0.4 is 0 Å². The van der Waals surface area contributed by atoms with Gasteiger partial charge in [0.05, 0.1) is 0 Å². The molecular formula is C14H11ClN2O. The summed E-state index contributed by atoms with van der Waals surface area (Å²) in [6, 6.07) is 11.5. The van der Waals surface area contributed by atoms with E-state index >= 15 is 0 Å². The summed E-state index contributed by atoms with van der Waals surface area (Å²) in [7, 11) is 0. The minimum absolute atomic E-state index is 0.596. The molecule has 3 aromatic rings. The molecular weight excluding hydrogens is 248 g/mol. The van der Waals surface area contributed by atoms with E-state index in [1.807, 2.05) is 43.3 Å². The lowest BCUT2D eigenvalue weighted by atomic mass is 10.1. The molecule has 0 aliphatic heterocycles. The van der Waals surface area contributed by atoms with Crippen LogP contribution in [-0.4, -0.2) is 9.97 Å². The fraction of sp³-hybridized carbons (Fsp3) is 0.143. The Hall–Kier alpha value is -1.87. The second-order valence-electron chi connectivity index (χ2n) is 4.19. The first kappa shape index (κ1) is 11.2. The number of halogens is 1. The van der Waals surface area contributed by atoms with Crippen molar-refractivity contribution in [3.63, 3.8) is 0 Å². The molecule has 2 aromatic heterocycles. The molecule has 0 amide bonds. The van der Waals surface area contributed by atoms with Gasteiger partial charge in [0.1, 0.15) is 5.52 Å². The van der Waals surface area contributed by atoms with Crippen LogP contribution >= 0.6 is 11.6 Å². The molecule has 0 saturated heterocycles. The summed E-state index contributed by atoms with van der Waals surface area (Å²) in [4.78, 5) is 8.71. The van der Waals surface area contributed by atoms with Crippen molar-refractivity contribution >= 4 is 22.8 Å². The van der Waals surface area contributed by atoms with Crippen LogP contribution in [0.3, 0.4) is 0 Å². The summed E-state index contributed by atoms with van der Waals surface area (Å²) < 4.78 is 5.63. The van der Waals surface area contributed by atoms with E-state index < -0.39 is 0 Å². The molecule has 0 unspecified atom stereocenters. The zero-order chi connectivity index (χ0) is 12.5. The number of oxazole rings is 1. The third kappa shape index (κ3) is 2.22. The normalized spacial score (nSPS) is 11.0. The number of aromatic nitrogens is 2. The van der Waals surface area contributed by atoms with E-state index in [2.05, 4.69) is 9.97 Å². The maximum atomic E-state index is 5.85. The van der Waals surface area contributed by atoms with E-state index in [1.165, 1.54) is 0 Å². The molecule has 0 bridgehead atoms. The predicted molar refractivity (Wildman–Crippen MR) is 70.8 cm³/mol. The predicted octanol–water partition coefficient (Wildman–Crippen LogP) is 3.78. The average Bonchev–Trinajstić information content (AvgIpc) is 2.73. The van der Waals surface area contributed by atoms with Gasteiger partial charge in [-0.25, -0.2) is 9.97 Å². The molecule has 0 fully saturated rings. The quantitative estimate of drug-likeness (QED) is 0.702. The summed E-state index contributed by atoms with van der Waals surface area (Å²) in [5.74, 6) is 0.672. The molecule has 0 atom stereocenters. The minimum Gasteiger partial charge on any atom is -0.422 e. The molecule has 2 heterocycles. The SMILES string of the molecule is Cc1ccc2nc(Cc3ccc(Cl)cc3)oc2n1. The van der Waals surface area contributed by atoms with E-state index in [4.69, 9.17) is 16.0 Å². The number of rotatable bonds is 2. The molecule has 18 heavy (non-hydrogen) atoms. The lowest BCUT2D eigenvalue weighted by Gasteiger charge is -1.96. The highest BCUT2D eigenvalue weighted by Crippen LogP contribution is 2.17. The smallest absolute Gasteiger partial charge is 0.247 e. The van der Waals surface area contributed by atoms with Gasteiger partial charge in [0.25, 0.3) is 0 Å². The van der Waals surface area contributed by atoms with Gasteiger partial charge >= 0.3 is 0 Å². The maximum absolute atomic E-state index is 5.85. The van der Waals surface area contributed by atoms with Crippen LogP contribution in [0.2, 0.25) is 5.02 Å². The molecule has 0 aliphatic carbocycles. The second kappa shape index (κ2) is 4.42. The lowest BCUT2D eigenvalue weighted by Crippen LogP contribution is -1.87. The number of hydrogen-bond donors (Lipinski definition) is 0. The fourth-order valence-corrected chi connectivity index (χ4v) is 1.93. The van der Waals surface area contributed by atoms with Crippen molar-refractivity contribution in [1.82, 2.24) is 9.97 Å². The molecule has 4 heteroatoms. The highest BCUT2D eigenvalue weighted by molar-refractivity contribution is 6.30. The molecule has 1 aromatic carbocycles. The van der Waals surface area contributed by atoms with E-state index in [1.54, 1.807) is 0 Å². The molecule has 90 valence electrons. The average molecular weight is 259 g/mol. The summed E-state index contributed by atoms with van der Waals surface area (Å²) in [6.07, 6.45) is 0.645. The molecule has 0 spiro atoms. The van der Waals surface area contributed by atoms with Gasteiger partial charge in [-0.3, -0.25) is 0 Å². The minimum atomic E-state index is 0.596. The molecule has 3 nitrogen and oxygen atoms in total. The second-order valence-corrected chi connectivity index (χ2v) is 4.62. The van der Waals surface area contributed by atoms with Crippen LogP contribution in [0.4, 0.5) is 0 Å². The number of benzene rings is 1. The van der Waals surface area contributed by atoms with Crippen LogP contribution in [0, 0.1) is 6.92 Å². The lowest BCUT2D eigenvalue weighted by molar-refractivity contribution is 0.534. The topological polar surface area (TPSA) is 38.9 Å². The first-order valence-corrected chi connectivity index (χ1v) is 6.06. The van der Waals surface area contributed by atoms with E-state index in [0.717, 1.165) is 21.8 Å². The first-order valence-electron chi connectivity index (χ1n) is 5.68. The Morgan fingerprint density at radius 3 is 2.61 bits per heavy atom. The third-order valence-corrected chi connectivity index (χ3v) is 2.96. The highest BCUT2D eigenvalue weighted by atomic mass is 35.5. The van der Waals surface area contributed by atoms with Gasteiger partial charge in [-0.15, -0.1) is 0 Å². The Balaban J connectivity index is 1.92. The Morgan fingerprint density at radius 1 is 1.06 bits per heavy atom. The van der Waals surface area contributed by atoms with Gasteiger partial charge in [0.2, 0.25) is 11.6 Å². The van der Waals surface area contributed by atoms with E-state index in [0.29, 0.717) is 18.0 Å². The van der Waals surface area contributed by atoms with Crippen LogP contribution in [0.15, 0.2) is 40.8 Å². The Labute approximate surface area is 109 Å². The number of fused-ring (bicyclic) bond motifs is 1. The first-order chi connectivity index (χ1) is 8.70. The molecule has 0 saturated carbocycles. The zero-order valence-corrected chi connectivity index (χ0v) is 10.6. The van der Waals surface area contributed by atoms with Crippen molar-refractivity contribution < 1.29 is 4.42 Å². The summed E-state index contributed by atoms with van der Waals surface area (Å²) in [6.45, 7) is 1.93. The summed E-state index contributed by atoms with van der Waals surface area (Å²) in [5.41, 5.74) is 3.43. The zero-order valence-electron chi connectivity index (χ0n) is 9.85.